The van der Waals surface area contributed by atoms with Gasteiger partial charge in [-0.1, -0.05) is 6.92 Å². The van der Waals surface area contributed by atoms with E-state index < -0.39 is 0 Å². The predicted molar refractivity (Wildman–Crippen MR) is 74.4 cm³/mol. The van der Waals surface area contributed by atoms with E-state index in [2.05, 4.69) is 21.9 Å². The summed E-state index contributed by atoms with van der Waals surface area (Å²) in [5.41, 5.74) is 5.71. The molecule has 2 fully saturated rings. The Hall–Kier alpha value is -1.93. The minimum atomic E-state index is -0.351. The fourth-order valence-corrected chi connectivity index (χ4v) is 3.63. The number of fused-ring (bicyclic) bond motifs is 1. The lowest BCUT2D eigenvalue weighted by Gasteiger charge is -2.41. The molecule has 4 rings (SSSR count). The van der Waals surface area contributed by atoms with Gasteiger partial charge in [0.1, 0.15) is 6.23 Å². The van der Waals surface area contributed by atoms with E-state index in [9.17, 15) is 9.90 Å². The van der Waals surface area contributed by atoms with Gasteiger partial charge in [-0.15, -0.1) is 0 Å². The average Bonchev–Trinajstić information content (AvgIpc) is 2.90. The number of nitrogens with zero attached hydrogens (tertiary/aromatic N) is 3. The number of nitrogens with one attached hydrogen (secondary N) is 1. The summed E-state index contributed by atoms with van der Waals surface area (Å²) in [5.74, 6) is 0.311. The third-order valence-corrected chi connectivity index (χ3v) is 4.49. The Morgan fingerprint density at radius 2 is 2.29 bits per heavy atom. The molecular formula is C13H17N5O3. The Bertz CT molecular complexity index is 761. The summed E-state index contributed by atoms with van der Waals surface area (Å²) in [5, 5.41) is 9.55. The first-order valence-corrected chi connectivity index (χ1v) is 7.06. The molecule has 1 aliphatic carbocycles. The number of nitrogens with two attached hydrogens (primary N) is 1. The first kappa shape index (κ1) is 12.8. The molecule has 112 valence electrons. The number of anilines is 1. The highest BCUT2D eigenvalue weighted by Gasteiger charge is 2.53. The third-order valence-electron chi connectivity index (χ3n) is 4.49. The number of aliphatic hydroxyl groups is 1. The van der Waals surface area contributed by atoms with Crippen molar-refractivity contribution in [2.45, 2.75) is 44.1 Å². The van der Waals surface area contributed by atoms with Crippen molar-refractivity contribution >= 4 is 17.1 Å². The number of H-pyrrole nitrogens is 1. The summed E-state index contributed by atoms with van der Waals surface area (Å²) in [6.07, 6.45) is 3.27. The number of ether oxygens (including phenoxy) is 1. The number of hydrogen-bond donors (Lipinski definition) is 3. The van der Waals surface area contributed by atoms with Gasteiger partial charge in [-0.2, -0.15) is 4.98 Å². The lowest BCUT2D eigenvalue weighted by molar-refractivity contribution is -0.162. The molecule has 3 heterocycles. The fraction of sp³-hybridized carbons (Fsp3) is 0.615. The second-order valence-corrected chi connectivity index (χ2v) is 6.21. The van der Waals surface area contributed by atoms with Gasteiger partial charge in [-0.25, -0.2) is 4.98 Å². The van der Waals surface area contributed by atoms with Crippen molar-refractivity contribution in [1.29, 1.82) is 0 Å². The Morgan fingerprint density at radius 1 is 1.52 bits per heavy atom. The first-order valence-electron chi connectivity index (χ1n) is 7.06. The summed E-state index contributed by atoms with van der Waals surface area (Å²) < 4.78 is 7.94. The van der Waals surface area contributed by atoms with Crippen LogP contribution in [0, 0.1) is 5.92 Å². The molecule has 0 radical (unpaired) electrons. The molecule has 8 nitrogen and oxygen atoms in total. The van der Waals surface area contributed by atoms with Gasteiger partial charge in [0.25, 0.3) is 5.56 Å². The van der Waals surface area contributed by atoms with E-state index in [1.807, 2.05) is 0 Å². The van der Waals surface area contributed by atoms with Crippen LogP contribution >= 0.6 is 0 Å². The highest BCUT2D eigenvalue weighted by atomic mass is 16.5. The molecule has 2 unspecified atom stereocenters. The van der Waals surface area contributed by atoms with Gasteiger partial charge >= 0.3 is 0 Å². The van der Waals surface area contributed by atoms with Crippen LogP contribution in [0.15, 0.2) is 11.1 Å². The number of nitrogen functional groups attached to an aromatic ring is 1. The fourth-order valence-electron chi connectivity index (χ4n) is 3.63. The van der Waals surface area contributed by atoms with E-state index in [1.54, 1.807) is 10.9 Å². The highest BCUT2D eigenvalue weighted by molar-refractivity contribution is 5.70. The summed E-state index contributed by atoms with van der Waals surface area (Å²) >= 11 is 0. The molecule has 2 atom stereocenters. The molecule has 1 spiro atoms. The van der Waals surface area contributed by atoms with Crippen LogP contribution in [0.25, 0.3) is 11.2 Å². The largest absolute Gasteiger partial charge is 0.393 e. The molecule has 0 aromatic carbocycles. The van der Waals surface area contributed by atoms with Crippen LogP contribution < -0.4 is 11.3 Å². The van der Waals surface area contributed by atoms with E-state index in [-0.39, 0.29) is 40.9 Å². The number of aliphatic hydroxyl groups excluding tert-OH is 1. The molecule has 1 aliphatic heterocycles. The van der Waals surface area contributed by atoms with Gasteiger partial charge in [0, 0.05) is 18.8 Å². The number of rotatable bonds is 1. The van der Waals surface area contributed by atoms with Crippen LogP contribution in [-0.2, 0) is 4.74 Å². The van der Waals surface area contributed by atoms with E-state index >= 15 is 0 Å². The van der Waals surface area contributed by atoms with Crippen LogP contribution in [-0.4, -0.2) is 36.3 Å². The van der Waals surface area contributed by atoms with Crippen molar-refractivity contribution in [1.82, 2.24) is 19.5 Å². The van der Waals surface area contributed by atoms with Crippen LogP contribution in [0.4, 0.5) is 5.95 Å². The van der Waals surface area contributed by atoms with Gasteiger partial charge < -0.3 is 15.6 Å². The Balaban J connectivity index is 1.75. The first-order chi connectivity index (χ1) is 9.97. The summed E-state index contributed by atoms with van der Waals surface area (Å²) in [6, 6.07) is 0. The Kier molecular flexibility index (Phi) is 2.46. The number of aromatic nitrogens is 4. The number of aromatic amines is 1. The summed E-state index contributed by atoms with van der Waals surface area (Å²) in [4.78, 5) is 22.5. The highest BCUT2D eigenvalue weighted by Crippen LogP contribution is 2.51. The van der Waals surface area contributed by atoms with Gasteiger partial charge in [0.2, 0.25) is 5.95 Å². The maximum Gasteiger partial charge on any atom is 0.280 e. The molecule has 2 aliphatic rings. The number of imidazole rings is 1. The maximum absolute atomic E-state index is 11.8. The summed E-state index contributed by atoms with van der Waals surface area (Å²) in [6.45, 7) is 2.09. The topological polar surface area (TPSA) is 119 Å². The molecule has 2 aromatic heterocycles. The Labute approximate surface area is 120 Å². The maximum atomic E-state index is 11.8. The van der Waals surface area contributed by atoms with Crippen molar-refractivity contribution < 1.29 is 9.84 Å². The monoisotopic (exact) mass is 291 g/mol. The number of hydrogen-bond acceptors (Lipinski definition) is 6. The molecule has 0 amide bonds. The van der Waals surface area contributed by atoms with E-state index in [4.69, 9.17) is 10.5 Å². The van der Waals surface area contributed by atoms with Crippen LogP contribution in [0.3, 0.4) is 0 Å². The molecule has 21 heavy (non-hydrogen) atoms. The van der Waals surface area contributed by atoms with Gasteiger partial charge in [-0.3, -0.25) is 14.3 Å². The summed E-state index contributed by atoms with van der Waals surface area (Å²) in [7, 11) is 0. The van der Waals surface area contributed by atoms with E-state index in [0.717, 1.165) is 6.42 Å². The van der Waals surface area contributed by atoms with Crippen LogP contribution in [0.2, 0.25) is 0 Å². The minimum Gasteiger partial charge on any atom is -0.393 e. The Morgan fingerprint density at radius 3 is 3.00 bits per heavy atom. The normalized spacial score (nSPS) is 35.4. The molecule has 1 saturated carbocycles. The van der Waals surface area contributed by atoms with Crippen LogP contribution in [0.1, 0.15) is 32.4 Å². The standard InChI is InChI=1S/C13H17N5O3/c1-6-2-13(3-7(19)4-13)21-11(6)18-5-15-8-9(18)16-12(14)17-10(8)20/h5-7,11,19H,2-4H2,1H3,(H3,14,16,17,20). The van der Waals surface area contributed by atoms with Crippen molar-refractivity contribution in [3.8, 4) is 0 Å². The van der Waals surface area contributed by atoms with Gasteiger partial charge in [0.05, 0.1) is 18.0 Å². The van der Waals surface area contributed by atoms with E-state index in [1.165, 1.54) is 0 Å². The van der Waals surface area contributed by atoms with Crippen molar-refractivity contribution in [3.05, 3.63) is 16.7 Å². The zero-order chi connectivity index (χ0) is 14.8. The molecular weight excluding hydrogens is 274 g/mol. The second kappa shape index (κ2) is 4.05. The molecule has 8 heteroatoms. The lowest BCUT2D eigenvalue weighted by atomic mass is 9.74. The second-order valence-electron chi connectivity index (χ2n) is 6.21. The minimum absolute atomic E-state index is 0.0636. The van der Waals surface area contributed by atoms with Gasteiger partial charge in [-0.05, 0) is 6.42 Å². The predicted octanol–water partition coefficient (Wildman–Crippen LogP) is 0.150. The smallest absolute Gasteiger partial charge is 0.280 e. The van der Waals surface area contributed by atoms with Crippen molar-refractivity contribution in [3.63, 3.8) is 0 Å². The van der Waals surface area contributed by atoms with Gasteiger partial charge in [0.15, 0.2) is 11.2 Å². The van der Waals surface area contributed by atoms with Crippen LogP contribution in [0.5, 0.6) is 0 Å². The molecule has 4 N–H and O–H groups in total. The molecule has 1 saturated heterocycles. The van der Waals surface area contributed by atoms with Crippen molar-refractivity contribution in [2.75, 3.05) is 5.73 Å². The van der Waals surface area contributed by atoms with E-state index in [0.29, 0.717) is 18.5 Å². The zero-order valence-electron chi connectivity index (χ0n) is 11.6. The molecule has 0 bridgehead atoms. The zero-order valence-corrected chi connectivity index (χ0v) is 11.6. The third kappa shape index (κ3) is 1.79. The SMILES string of the molecule is CC1CC2(CC(O)C2)OC1n1cnc2c(=O)[nH]c(N)nc21. The lowest BCUT2D eigenvalue weighted by Crippen LogP contribution is -2.46. The quantitative estimate of drug-likeness (QED) is 0.688. The van der Waals surface area contributed by atoms with Crippen molar-refractivity contribution in [2.24, 2.45) is 5.92 Å². The average molecular weight is 291 g/mol. The molecule has 2 aromatic rings.